The maximum atomic E-state index is 13.6. The summed E-state index contributed by atoms with van der Waals surface area (Å²) in [5.74, 6) is 1.17. The zero-order valence-corrected chi connectivity index (χ0v) is 19.5. The average molecular weight is 468 g/mol. The van der Waals surface area contributed by atoms with Gasteiger partial charge in [-0.15, -0.1) is 11.3 Å². The first kappa shape index (κ1) is 22.0. The van der Waals surface area contributed by atoms with Gasteiger partial charge >= 0.3 is 0 Å². The SMILES string of the molecule is CCc1sc2nc(SCc3ccc([N+](=O)[O-])cc3)n(-c3cccc(OC)c3)c(=O)c2c1C. The van der Waals surface area contributed by atoms with E-state index in [-0.39, 0.29) is 11.2 Å². The number of thioether (sulfide) groups is 1. The van der Waals surface area contributed by atoms with Crippen LogP contribution in [0.15, 0.2) is 58.5 Å². The first-order valence-corrected chi connectivity index (χ1v) is 11.8. The predicted molar refractivity (Wildman–Crippen MR) is 129 cm³/mol. The Bertz CT molecular complexity index is 1360. The molecule has 4 aromatic rings. The average Bonchev–Trinajstić information content (AvgIpc) is 3.13. The summed E-state index contributed by atoms with van der Waals surface area (Å²) in [6.45, 7) is 4.04. The van der Waals surface area contributed by atoms with Gasteiger partial charge in [-0.25, -0.2) is 4.98 Å². The van der Waals surface area contributed by atoms with Crippen molar-refractivity contribution in [2.45, 2.75) is 31.2 Å². The van der Waals surface area contributed by atoms with Crippen molar-refractivity contribution in [3.05, 3.63) is 85.0 Å². The predicted octanol–water partition coefficient (Wildman–Crippen LogP) is 5.53. The van der Waals surface area contributed by atoms with Gasteiger partial charge in [0.2, 0.25) is 0 Å². The van der Waals surface area contributed by atoms with Crippen molar-refractivity contribution >= 4 is 39.0 Å². The number of nitro groups is 1. The number of nitro benzene ring substituents is 1. The topological polar surface area (TPSA) is 87.3 Å². The zero-order chi connectivity index (χ0) is 22.8. The lowest BCUT2D eigenvalue weighted by Gasteiger charge is -2.13. The number of nitrogens with zero attached hydrogens (tertiary/aromatic N) is 3. The van der Waals surface area contributed by atoms with Crippen molar-refractivity contribution in [2.75, 3.05) is 7.11 Å². The Kier molecular flexibility index (Phi) is 6.29. The molecular formula is C23H21N3O4S2. The lowest BCUT2D eigenvalue weighted by molar-refractivity contribution is -0.384. The Hall–Kier alpha value is -3.17. The maximum Gasteiger partial charge on any atom is 0.269 e. The minimum atomic E-state index is -0.419. The van der Waals surface area contributed by atoms with E-state index >= 15 is 0 Å². The van der Waals surface area contributed by atoms with E-state index < -0.39 is 4.92 Å². The van der Waals surface area contributed by atoms with Crippen LogP contribution in [0, 0.1) is 17.0 Å². The molecule has 0 unspecified atom stereocenters. The van der Waals surface area contributed by atoms with Crippen LogP contribution >= 0.6 is 23.1 Å². The van der Waals surface area contributed by atoms with Crippen molar-refractivity contribution in [3.8, 4) is 11.4 Å². The lowest BCUT2D eigenvalue weighted by Crippen LogP contribution is -2.21. The fourth-order valence-electron chi connectivity index (χ4n) is 3.48. The van der Waals surface area contributed by atoms with Gasteiger partial charge in [-0.1, -0.05) is 36.9 Å². The molecule has 0 N–H and O–H groups in total. The molecule has 0 saturated heterocycles. The molecule has 0 fully saturated rings. The molecule has 164 valence electrons. The van der Waals surface area contributed by atoms with Crippen molar-refractivity contribution in [1.82, 2.24) is 9.55 Å². The first-order valence-electron chi connectivity index (χ1n) is 9.98. The molecule has 0 aliphatic heterocycles. The normalized spacial score (nSPS) is 11.1. The number of aromatic nitrogens is 2. The maximum absolute atomic E-state index is 13.6. The van der Waals surface area contributed by atoms with Gasteiger partial charge in [0.25, 0.3) is 11.2 Å². The second-order valence-corrected chi connectivity index (χ2v) is 9.16. The van der Waals surface area contributed by atoms with Gasteiger partial charge in [-0.3, -0.25) is 19.5 Å². The molecule has 9 heteroatoms. The Balaban J connectivity index is 1.82. The standard InChI is InChI=1S/C23H21N3O4S2/c1-4-19-14(2)20-21(32-19)24-23(31-13-15-8-10-16(11-9-15)26(28)29)25(22(20)27)17-6-5-7-18(12-17)30-3/h5-12H,4,13H2,1-3H3. The van der Waals surface area contributed by atoms with Crippen molar-refractivity contribution in [1.29, 1.82) is 0 Å². The molecule has 0 atom stereocenters. The van der Waals surface area contributed by atoms with Crippen LogP contribution in [0.2, 0.25) is 0 Å². The van der Waals surface area contributed by atoms with E-state index in [1.54, 1.807) is 35.1 Å². The fourth-order valence-corrected chi connectivity index (χ4v) is 5.61. The number of fused-ring (bicyclic) bond motifs is 1. The summed E-state index contributed by atoms with van der Waals surface area (Å²) in [6.07, 6.45) is 0.844. The smallest absolute Gasteiger partial charge is 0.269 e. The summed E-state index contributed by atoms with van der Waals surface area (Å²) in [6, 6.07) is 13.8. The minimum absolute atomic E-state index is 0.0488. The monoisotopic (exact) mass is 467 g/mol. The Morgan fingerprint density at radius 2 is 1.97 bits per heavy atom. The molecule has 2 heterocycles. The summed E-state index contributed by atoms with van der Waals surface area (Å²) in [4.78, 5) is 30.9. The van der Waals surface area contributed by atoms with Gasteiger partial charge in [-0.2, -0.15) is 0 Å². The Morgan fingerprint density at radius 3 is 2.62 bits per heavy atom. The second kappa shape index (κ2) is 9.13. The highest BCUT2D eigenvalue weighted by Crippen LogP contribution is 2.32. The van der Waals surface area contributed by atoms with E-state index in [1.165, 1.54) is 23.9 Å². The number of aryl methyl sites for hydroxylation is 2. The summed E-state index contributed by atoms with van der Waals surface area (Å²) < 4.78 is 6.98. The summed E-state index contributed by atoms with van der Waals surface area (Å²) in [5, 5.41) is 12.1. The third-order valence-corrected chi connectivity index (χ3v) is 7.52. The highest BCUT2D eigenvalue weighted by molar-refractivity contribution is 7.98. The molecule has 2 aromatic heterocycles. The third kappa shape index (κ3) is 4.13. The Labute approximate surface area is 192 Å². The number of non-ortho nitro benzene ring substituents is 1. The van der Waals surface area contributed by atoms with Crippen LogP contribution in [-0.2, 0) is 12.2 Å². The number of ether oxygens (including phenoxy) is 1. The number of methoxy groups -OCH3 is 1. The molecule has 4 rings (SSSR count). The van der Waals surface area contributed by atoms with Crippen LogP contribution in [0.1, 0.15) is 22.9 Å². The van der Waals surface area contributed by atoms with Crippen molar-refractivity contribution in [3.63, 3.8) is 0 Å². The van der Waals surface area contributed by atoms with E-state index in [4.69, 9.17) is 9.72 Å². The highest BCUT2D eigenvalue weighted by atomic mass is 32.2. The minimum Gasteiger partial charge on any atom is -0.497 e. The van der Waals surface area contributed by atoms with Gasteiger partial charge in [0.1, 0.15) is 10.6 Å². The highest BCUT2D eigenvalue weighted by Gasteiger charge is 2.19. The zero-order valence-electron chi connectivity index (χ0n) is 17.8. The largest absolute Gasteiger partial charge is 0.497 e. The molecule has 0 radical (unpaired) electrons. The molecule has 0 bridgehead atoms. The van der Waals surface area contributed by atoms with Gasteiger partial charge in [-0.05, 0) is 36.6 Å². The van der Waals surface area contributed by atoms with Gasteiger partial charge in [0, 0.05) is 28.8 Å². The molecule has 0 spiro atoms. The Morgan fingerprint density at radius 1 is 1.22 bits per heavy atom. The molecule has 0 amide bonds. The summed E-state index contributed by atoms with van der Waals surface area (Å²) >= 11 is 2.98. The number of hydrogen-bond acceptors (Lipinski definition) is 7. The van der Waals surface area contributed by atoms with Crippen LogP contribution < -0.4 is 10.3 Å². The van der Waals surface area contributed by atoms with E-state index in [2.05, 4.69) is 6.92 Å². The molecule has 0 saturated carbocycles. The quantitative estimate of drug-likeness (QED) is 0.154. The first-order chi connectivity index (χ1) is 15.4. The number of hydrogen-bond donors (Lipinski definition) is 0. The molecule has 32 heavy (non-hydrogen) atoms. The van der Waals surface area contributed by atoms with Gasteiger partial charge in [0.05, 0.1) is 23.1 Å². The number of rotatable bonds is 7. The van der Waals surface area contributed by atoms with Crippen LogP contribution in [-0.4, -0.2) is 21.6 Å². The van der Waals surface area contributed by atoms with Crippen molar-refractivity contribution < 1.29 is 9.66 Å². The van der Waals surface area contributed by atoms with Gasteiger partial charge < -0.3 is 4.74 Å². The summed E-state index contributed by atoms with van der Waals surface area (Å²) in [5.41, 5.74) is 2.51. The van der Waals surface area contributed by atoms with E-state index in [9.17, 15) is 14.9 Å². The fraction of sp³-hybridized carbons (Fsp3) is 0.217. The molecule has 0 aliphatic rings. The lowest BCUT2D eigenvalue weighted by atomic mass is 10.2. The van der Waals surface area contributed by atoms with Crippen molar-refractivity contribution in [2.24, 2.45) is 0 Å². The summed E-state index contributed by atoms with van der Waals surface area (Å²) in [7, 11) is 1.59. The van der Waals surface area contributed by atoms with E-state index in [0.29, 0.717) is 27.7 Å². The van der Waals surface area contributed by atoms with Crippen LogP contribution in [0.3, 0.4) is 0 Å². The molecular weight excluding hydrogens is 446 g/mol. The number of benzene rings is 2. The molecule has 2 aromatic carbocycles. The third-order valence-electron chi connectivity index (χ3n) is 5.18. The number of thiophene rings is 1. The van der Waals surface area contributed by atoms with Crippen LogP contribution in [0.4, 0.5) is 5.69 Å². The second-order valence-electron chi connectivity index (χ2n) is 7.13. The van der Waals surface area contributed by atoms with E-state index in [0.717, 1.165) is 27.3 Å². The van der Waals surface area contributed by atoms with E-state index in [1.807, 2.05) is 31.2 Å². The van der Waals surface area contributed by atoms with Crippen LogP contribution in [0.5, 0.6) is 5.75 Å². The molecule has 0 aliphatic carbocycles. The molecule has 7 nitrogen and oxygen atoms in total. The van der Waals surface area contributed by atoms with Crippen LogP contribution in [0.25, 0.3) is 15.9 Å². The van der Waals surface area contributed by atoms with Gasteiger partial charge in [0.15, 0.2) is 5.16 Å².